The minimum Gasteiger partial charge on any atom is -0.348 e. The molecule has 0 aliphatic rings. The van der Waals surface area contributed by atoms with Gasteiger partial charge in [-0.1, -0.05) is 42.8 Å². The fraction of sp³-hybridized carbons (Fsp3) is 0.235. The van der Waals surface area contributed by atoms with E-state index < -0.39 is 5.82 Å². The van der Waals surface area contributed by atoms with E-state index in [2.05, 4.69) is 36.5 Å². The van der Waals surface area contributed by atoms with E-state index >= 15 is 0 Å². The number of hydrogen-bond donors (Lipinski definition) is 1. The zero-order valence-corrected chi connectivity index (χ0v) is 14.1. The first-order valence-corrected chi connectivity index (χ1v) is 7.83. The lowest BCUT2D eigenvalue weighted by molar-refractivity contribution is 0.508. The minimum atomic E-state index is -0.442. The number of aryl methyl sites for hydroxylation is 1. The second-order valence-corrected chi connectivity index (χ2v) is 5.88. The van der Waals surface area contributed by atoms with Crippen LogP contribution in [0.4, 0.5) is 10.1 Å². The van der Waals surface area contributed by atoms with Crippen LogP contribution in [0.1, 0.15) is 18.1 Å². The maximum Gasteiger partial charge on any atom is 0.173 e. The molecule has 0 aliphatic carbocycles. The number of anilines is 1. The first-order chi connectivity index (χ1) is 10.5. The third-order valence-corrected chi connectivity index (χ3v) is 4.07. The van der Waals surface area contributed by atoms with Crippen LogP contribution in [0.25, 0.3) is 0 Å². The fourth-order valence-electron chi connectivity index (χ4n) is 2.02. The molecule has 5 heteroatoms. The Hall–Kier alpha value is -1.65. The largest absolute Gasteiger partial charge is 0.348 e. The lowest BCUT2D eigenvalue weighted by Gasteiger charge is -2.21. The molecule has 0 fully saturated rings. The second kappa shape index (κ2) is 7.56. The summed E-state index contributed by atoms with van der Waals surface area (Å²) in [6.45, 7) is 2.83. The SMILES string of the molecule is CCc1ccc(CN(C)C(=S)Nc2ccc(F)c(Cl)c2)cc1. The standard InChI is InChI=1S/C17H18ClFN2S/c1-3-12-4-6-13(7-5-12)11-21(2)17(22)20-14-8-9-16(19)15(18)10-14/h4-10H,3,11H2,1-2H3,(H,20,22). The molecule has 116 valence electrons. The quantitative estimate of drug-likeness (QED) is 0.802. The molecular weight excluding hydrogens is 319 g/mol. The summed E-state index contributed by atoms with van der Waals surface area (Å²) in [5.41, 5.74) is 3.17. The summed E-state index contributed by atoms with van der Waals surface area (Å²) < 4.78 is 13.1. The lowest BCUT2D eigenvalue weighted by Crippen LogP contribution is -2.30. The van der Waals surface area contributed by atoms with Crippen LogP contribution < -0.4 is 5.32 Å². The van der Waals surface area contributed by atoms with E-state index in [9.17, 15) is 4.39 Å². The molecule has 0 atom stereocenters. The van der Waals surface area contributed by atoms with Crippen molar-refractivity contribution in [2.45, 2.75) is 19.9 Å². The highest BCUT2D eigenvalue weighted by Gasteiger charge is 2.07. The van der Waals surface area contributed by atoms with E-state index in [4.69, 9.17) is 23.8 Å². The smallest absolute Gasteiger partial charge is 0.173 e. The van der Waals surface area contributed by atoms with Gasteiger partial charge in [0.15, 0.2) is 5.11 Å². The number of nitrogens with one attached hydrogen (secondary N) is 1. The topological polar surface area (TPSA) is 15.3 Å². The van der Waals surface area contributed by atoms with Gasteiger partial charge in [-0.3, -0.25) is 0 Å². The normalized spacial score (nSPS) is 10.4. The molecule has 2 nitrogen and oxygen atoms in total. The van der Waals surface area contributed by atoms with Gasteiger partial charge in [0.2, 0.25) is 0 Å². The summed E-state index contributed by atoms with van der Waals surface area (Å²) in [6, 6.07) is 12.9. The van der Waals surface area contributed by atoms with E-state index in [-0.39, 0.29) is 5.02 Å². The Morgan fingerprint density at radius 2 is 1.82 bits per heavy atom. The van der Waals surface area contributed by atoms with E-state index in [1.165, 1.54) is 23.3 Å². The van der Waals surface area contributed by atoms with Crippen molar-refractivity contribution >= 4 is 34.6 Å². The van der Waals surface area contributed by atoms with Gasteiger partial charge in [0.25, 0.3) is 0 Å². The van der Waals surface area contributed by atoms with Gasteiger partial charge < -0.3 is 10.2 Å². The molecule has 2 aromatic carbocycles. The van der Waals surface area contributed by atoms with E-state index in [1.54, 1.807) is 6.07 Å². The van der Waals surface area contributed by atoms with Crippen LogP contribution in [0.15, 0.2) is 42.5 Å². The van der Waals surface area contributed by atoms with Crippen LogP contribution in [-0.4, -0.2) is 17.1 Å². The first-order valence-electron chi connectivity index (χ1n) is 7.04. The third kappa shape index (κ3) is 4.42. The molecule has 0 spiro atoms. The fourth-order valence-corrected chi connectivity index (χ4v) is 2.38. The van der Waals surface area contributed by atoms with Gasteiger partial charge in [-0.15, -0.1) is 0 Å². The third-order valence-electron chi connectivity index (χ3n) is 3.37. The van der Waals surface area contributed by atoms with E-state index in [0.717, 1.165) is 6.42 Å². The highest BCUT2D eigenvalue weighted by Crippen LogP contribution is 2.19. The van der Waals surface area contributed by atoms with Gasteiger partial charge in [-0.25, -0.2) is 4.39 Å². The molecule has 0 heterocycles. The Bertz CT molecular complexity index is 658. The average Bonchev–Trinajstić information content (AvgIpc) is 2.51. The Balaban J connectivity index is 1.97. The van der Waals surface area contributed by atoms with Crippen LogP contribution in [0.5, 0.6) is 0 Å². The van der Waals surface area contributed by atoms with Crippen molar-refractivity contribution in [3.05, 3.63) is 64.4 Å². The summed E-state index contributed by atoms with van der Waals surface area (Å²) in [4.78, 5) is 1.92. The van der Waals surface area contributed by atoms with E-state index in [0.29, 0.717) is 17.3 Å². The Morgan fingerprint density at radius 3 is 2.41 bits per heavy atom. The van der Waals surface area contributed by atoms with Crippen molar-refractivity contribution in [1.29, 1.82) is 0 Å². The molecule has 2 aromatic rings. The van der Waals surface area contributed by atoms with Gasteiger partial charge in [-0.2, -0.15) is 0 Å². The molecule has 2 rings (SSSR count). The second-order valence-electron chi connectivity index (χ2n) is 5.09. The predicted molar refractivity (Wildman–Crippen MR) is 94.9 cm³/mol. The summed E-state index contributed by atoms with van der Waals surface area (Å²) in [5.74, 6) is -0.442. The van der Waals surface area contributed by atoms with Crippen LogP contribution in [-0.2, 0) is 13.0 Å². The number of benzene rings is 2. The van der Waals surface area contributed by atoms with Gasteiger partial charge in [0.05, 0.1) is 5.02 Å². The Kier molecular flexibility index (Phi) is 5.75. The molecule has 0 radical (unpaired) electrons. The van der Waals surface area contributed by atoms with Crippen molar-refractivity contribution in [2.24, 2.45) is 0 Å². The summed E-state index contributed by atoms with van der Waals surface area (Å²) in [6.07, 6.45) is 1.03. The number of thiocarbonyl (C=S) groups is 1. The zero-order chi connectivity index (χ0) is 16.1. The molecule has 0 saturated carbocycles. The average molecular weight is 337 g/mol. The molecule has 0 bridgehead atoms. The van der Waals surface area contributed by atoms with Crippen molar-refractivity contribution < 1.29 is 4.39 Å². The Labute approximate surface area is 140 Å². The molecule has 0 unspecified atom stereocenters. The number of rotatable bonds is 4. The number of hydrogen-bond acceptors (Lipinski definition) is 1. The van der Waals surface area contributed by atoms with Gasteiger partial charge in [0, 0.05) is 19.3 Å². The number of nitrogens with zero attached hydrogens (tertiary/aromatic N) is 1. The van der Waals surface area contributed by atoms with E-state index in [1.807, 2.05) is 11.9 Å². The number of halogens is 2. The highest BCUT2D eigenvalue weighted by molar-refractivity contribution is 7.80. The van der Waals surface area contributed by atoms with Crippen LogP contribution in [0.3, 0.4) is 0 Å². The van der Waals surface area contributed by atoms with Gasteiger partial charge >= 0.3 is 0 Å². The molecule has 1 N–H and O–H groups in total. The monoisotopic (exact) mass is 336 g/mol. The molecule has 0 amide bonds. The first kappa shape index (κ1) is 16.7. The summed E-state index contributed by atoms with van der Waals surface area (Å²) >= 11 is 11.1. The lowest BCUT2D eigenvalue weighted by atomic mass is 10.1. The van der Waals surface area contributed by atoms with Gasteiger partial charge in [0.1, 0.15) is 5.82 Å². The predicted octanol–water partition coefficient (Wildman–Crippen LogP) is 4.87. The van der Waals surface area contributed by atoms with Crippen molar-refractivity contribution in [2.75, 3.05) is 12.4 Å². The van der Waals surface area contributed by atoms with Crippen LogP contribution in [0, 0.1) is 5.82 Å². The molecule has 0 saturated heterocycles. The maximum absolute atomic E-state index is 13.1. The zero-order valence-electron chi connectivity index (χ0n) is 12.6. The molecule has 0 aliphatic heterocycles. The molecular formula is C17H18ClFN2S. The van der Waals surface area contributed by atoms with Crippen molar-refractivity contribution in [3.8, 4) is 0 Å². The Morgan fingerprint density at radius 1 is 1.18 bits per heavy atom. The van der Waals surface area contributed by atoms with Crippen LogP contribution in [0.2, 0.25) is 5.02 Å². The highest BCUT2D eigenvalue weighted by atomic mass is 35.5. The maximum atomic E-state index is 13.1. The summed E-state index contributed by atoms with van der Waals surface area (Å²) in [5, 5.41) is 3.69. The molecule has 0 aromatic heterocycles. The van der Waals surface area contributed by atoms with Gasteiger partial charge in [-0.05, 0) is 48.0 Å². The van der Waals surface area contributed by atoms with Crippen molar-refractivity contribution in [3.63, 3.8) is 0 Å². The van der Waals surface area contributed by atoms with Crippen LogP contribution >= 0.6 is 23.8 Å². The summed E-state index contributed by atoms with van der Waals surface area (Å²) in [7, 11) is 1.91. The molecule has 22 heavy (non-hydrogen) atoms. The van der Waals surface area contributed by atoms with Crippen molar-refractivity contribution in [1.82, 2.24) is 4.90 Å². The minimum absolute atomic E-state index is 0.0746.